The van der Waals surface area contributed by atoms with Crippen molar-refractivity contribution in [3.63, 3.8) is 0 Å². The van der Waals surface area contributed by atoms with Crippen LogP contribution in [-0.4, -0.2) is 42.3 Å². The minimum Gasteiger partial charge on any atom is -0.497 e. The van der Waals surface area contributed by atoms with Crippen LogP contribution in [0.1, 0.15) is 5.56 Å². The molecule has 10 heteroatoms. The molecule has 8 nitrogen and oxygen atoms in total. The number of hydrogen-bond acceptors (Lipinski definition) is 9. The minimum atomic E-state index is -0.262. The zero-order valence-corrected chi connectivity index (χ0v) is 14.1. The molecule has 122 valence electrons. The van der Waals surface area contributed by atoms with Gasteiger partial charge in [-0.1, -0.05) is 23.1 Å². The minimum absolute atomic E-state index is 0.168. The lowest BCUT2D eigenvalue weighted by atomic mass is 10.2. The molecule has 2 aromatic rings. The van der Waals surface area contributed by atoms with E-state index in [1.54, 1.807) is 32.4 Å². The summed E-state index contributed by atoms with van der Waals surface area (Å²) in [5.74, 6) is 1.20. The summed E-state index contributed by atoms with van der Waals surface area (Å²) in [6.07, 6.45) is 1.49. The first kappa shape index (κ1) is 17.0. The van der Waals surface area contributed by atoms with Crippen LogP contribution in [0, 0.1) is 0 Å². The molecule has 0 aliphatic carbocycles. The molecule has 0 aliphatic rings. The summed E-state index contributed by atoms with van der Waals surface area (Å²) in [6.45, 7) is 0. The van der Waals surface area contributed by atoms with E-state index in [0.29, 0.717) is 26.5 Å². The first-order chi connectivity index (χ1) is 11.1. The van der Waals surface area contributed by atoms with Gasteiger partial charge >= 0.3 is 0 Å². The molecule has 0 saturated carbocycles. The van der Waals surface area contributed by atoms with E-state index < -0.39 is 0 Å². The van der Waals surface area contributed by atoms with Crippen LogP contribution in [0.25, 0.3) is 0 Å². The average Bonchev–Trinajstić information content (AvgIpc) is 2.98. The first-order valence-electron chi connectivity index (χ1n) is 6.38. The molecule has 0 atom stereocenters. The van der Waals surface area contributed by atoms with E-state index in [2.05, 4.69) is 20.7 Å². The van der Waals surface area contributed by atoms with Gasteiger partial charge in [-0.25, -0.2) is 5.43 Å². The van der Waals surface area contributed by atoms with Gasteiger partial charge in [0.15, 0.2) is 4.34 Å². The third-order valence-electron chi connectivity index (χ3n) is 2.58. The Balaban J connectivity index is 1.89. The Bertz CT molecular complexity index is 705. The number of benzene rings is 1. The molecule has 3 N–H and O–H groups in total. The predicted octanol–water partition coefficient (Wildman–Crippen LogP) is 1.38. The molecule has 1 aromatic heterocycles. The van der Waals surface area contributed by atoms with E-state index in [1.165, 1.54) is 29.3 Å². The standard InChI is InChI=1S/C13H15N5O3S2/c1-20-9-3-4-10(21-2)8(5-9)6-15-16-11(19)7-22-13-18-17-12(14)23-13/h3-6H,7H2,1-2H3,(H2,14,17)(H,16,19). The molecule has 1 amide bonds. The third-order valence-corrected chi connectivity index (χ3v) is 4.46. The summed E-state index contributed by atoms with van der Waals surface area (Å²) in [4.78, 5) is 11.7. The highest BCUT2D eigenvalue weighted by atomic mass is 32.2. The summed E-state index contributed by atoms with van der Waals surface area (Å²) in [5.41, 5.74) is 8.59. The van der Waals surface area contributed by atoms with Crippen LogP contribution in [0.3, 0.4) is 0 Å². The first-order valence-corrected chi connectivity index (χ1v) is 8.18. The van der Waals surface area contributed by atoms with E-state index in [1.807, 2.05) is 0 Å². The number of amides is 1. The van der Waals surface area contributed by atoms with Crippen molar-refractivity contribution in [1.82, 2.24) is 15.6 Å². The smallest absolute Gasteiger partial charge is 0.250 e. The average molecular weight is 353 g/mol. The summed E-state index contributed by atoms with van der Waals surface area (Å²) in [5, 5.41) is 11.8. The number of methoxy groups -OCH3 is 2. The van der Waals surface area contributed by atoms with Crippen LogP contribution < -0.4 is 20.6 Å². The van der Waals surface area contributed by atoms with Crippen molar-refractivity contribution in [2.24, 2.45) is 5.10 Å². The van der Waals surface area contributed by atoms with Crippen molar-refractivity contribution in [3.8, 4) is 11.5 Å². The number of rotatable bonds is 7. The predicted molar refractivity (Wildman–Crippen MR) is 90.3 cm³/mol. The Morgan fingerprint density at radius 1 is 1.43 bits per heavy atom. The van der Waals surface area contributed by atoms with Crippen molar-refractivity contribution < 1.29 is 14.3 Å². The van der Waals surface area contributed by atoms with Crippen LogP contribution in [0.5, 0.6) is 11.5 Å². The molecule has 0 saturated heterocycles. The van der Waals surface area contributed by atoms with E-state index in [0.717, 1.165) is 0 Å². The molecule has 0 radical (unpaired) electrons. The normalized spacial score (nSPS) is 10.7. The Labute approximate surface area is 141 Å². The number of carbonyl (C=O) groups is 1. The summed E-state index contributed by atoms with van der Waals surface area (Å²) < 4.78 is 11.0. The Morgan fingerprint density at radius 3 is 2.91 bits per heavy atom. The van der Waals surface area contributed by atoms with Gasteiger partial charge in [0.2, 0.25) is 5.13 Å². The Morgan fingerprint density at radius 2 is 2.26 bits per heavy atom. The number of ether oxygens (including phenoxy) is 2. The van der Waals surface area contributed by atoms with Gasteiger partial charge in [0.25, 0.3) is 5.91 Å². The van der Waals surface area contributed by atoms with Crippen LogP contribution >= 0.6 is 23.1 Å². The number of nitrogens with one attached hydrogen (secondary N) is 1. The molecular formula is C13H15N5O3S2. The zero-order valence-electron chi connectivity index (χ0n) is 12.5. The maximum atomic E-state index is 11.7. The molecule has 2 rings (SSSR count). The van der Waals surface area contributed by atoms with Crippen molar-refractivity contribution in [3.05, 3.63) is 23.8 Å². The Hall–Kier alpha value is -2.33. The van der Waals surface area contributed by atoms with Crippen molar-refractivity contribution >= 4 is 40.4 Å². The fourth-order valence-corrected chi connectivity index (χ4v) is 2.98. The molecule has 0 fully saturated rings. The maximum absolute atomic E-state index is 11.7. The number of aromatic nitrogens is 2. The van der Waals surface area contributed by atoms with E-state index in [9.17, 15) is 4.79 Å². The molecule has 0 bridgehead atoms. The molecule has 1 aromatic carbocycles. The number of hydrazone groups is 1. The summed E-state index contributed by atoms with van der Waals surface area (Å²) in [6, 6.07) is 5.30. The highest BCUT2D eigenvalue weighted by Gasteiger charge is 2.06. The lowest BCUT2D eigenvalue weighted by Crippen LogP contribution is -2.19. The van der Waals surface area contributed by atoms with Crippen LogP contribution in [0.4, 0.5) is 5.13 Å². The molecule has 1 heterocycles. The number of nitrogen functional groups attached to an aromatic ring is 1. The van der Waals surface area contributed by atoms with Crippen LogP contribution in [0.15, 0.2) is 27.6 Å². The molecule has 23 heavy (non-hydrogen) atoms. The molecule has 0 spiro atoms. The largest absolute Gasteiger partial charge is 0.497 e. The highest BCUT2D eigenvalue weighted by Crippen LogP contribution is 2.23. The molecule has 0 unspecified atom stereocenters. The number of thioether (sulfide) groups is 1. The van der Waals surface area contributed by atoms with Gasteiger partial charge in [-0.2, -0.15) is 5.10 Å². The van der Waals surface area contributed by atoms with E-state index in [4.69, 9.17) is 15.2 Å². The summed E-state index contributed by atoms with van der Waals surface area (Å²) in [7, 11) is 3.13. The van der Waals surface area contributed by atoms with Crippen molar-refractivity contribution in [2.45, 2.75) is 4.34 Å². The van der Waals surface area contributed by atoms with Gasteiger partial charge in [-0.15, -0.1) is 10.2 Å². The second kappa shape index (κ2) is 8.34. The van der Waals surface area contributed by atoms with Crippen molar-refractivity contribution in [1.29, 1.82) is 0 Å². The number of carbonyl (C=O) groups excluding carboxylic acids is 1. The lowest BCUT2D eigenvalue weighted by molar-refractivity contribution is -0.118. The van der Waals surface area contributed by atoms with Gasteiger partial charge < -0.3 is 15.2 Å². The van der Waals surface area contributed by atoms with Gasteiger partial charge in [0.05, 0.1) is 26.2 Å². The second-order valence-electron chi connectivity index (χ2n) is 4.10. The number of nitrogens with zero attached hydrogens (tertiary/aromatic N) is 3. The molecular weight excluding hydrogens is 338 g/mol. The fourth-order valence-electron chi connectivity index (χ4n) is 1.55. The lowest BCUT2D eigenvalue weighted by Gasteiger charge is -2.06. The van der Waals surface area contributed by atoms with E-state index in [-0.39, 0.29) is 11.7 Å². The van der Waals surface area contributed by atoms with Crippen LogP contribution in [0.2, 0.25) is 0 Å². The van der Waals surface area contributed by atoms with Gasteiger partial charge in [0, 0.05) is 5.56 Å². The van der Waals surface area contributed by atoms with Gasteiger partial charge in [0.1, 0.15) is 11.5 Å². The van der Waals surface area contributed by atoms with Crippen LogP contribution in [-0.2, 0) is 4.79 Å². The van der Waals surface area contributed by atoms with Gasteiger partial charge in [-0.3, -0.25) is 4.79 Å². The second-order valence-corrected chi connectivity index (χ2v) is 6.33. The Kier molecular flexibility index (Phi) is 6.18. The number of anilines is 1. The van der Waals surface area contributed by atoms with Gasteiger partial charge in [-0.05, 0) is 18.2 Å². The SMILES string of the molecule is COc1ccc(OC)c(C=NNC(=O)CSc2nnc(N)s2)c1. The highest BCUT2D eigenvalue weighted by molar-refractivity contribution is 8.01. The summed E-state index contributed by atoms with van der Waals surface area (Å²) >= 11 is 2.47. The quantitative estimate of drug-likeness (QED) is 0.439. The number of hydrogen-bond donors (Lipinski definition) is 2. The topological polar surface area (TPSA) is 112 Å². The fraction of sp³-hybridized carbons (Fsp3) is 0.231. The van der Waals surface area contributed by atoms with Crippen molar-refractivity contribution in [2.75, 3.05) is 25.7 Å². The maximum Gasteiger partial charge on any atom is 0.250 e. The third kappa shape index (κ3) is 5.11. The monoisotopic (exact) mass is 353 g/mol. The molecule has 0 aliphatic heterocycles. The number of nitrogens with two attached hydrogens (primary N) is 1. The zero-order chi connectivity index (χ0) is 16.7. The van der Waals surface area contributed by atoms with E-state index >= 15 is 0 Å².